The normalized spacial score (nSPS) is 9.86. The standard InChI is InChI=1S/C10H18N2S.H3N.H2/c1-3-4-5-6-11-7-10-8-13-9(2)12-10;;/h8,11H,3-7H2,1-2H3;1H3;1H. The van der Waals surface area contributed by atoms with Crippen molar-refractivity contribution < 1.29 is 1.43 Å². The highest BCUT2D eigenvalue weighted by atomic mass is 32.1. The first kappa shape index (κ1) is 13.5. The number of nitrogens with zero attached hydrogens (tertiary/aromatic N) is 1. The lowest BCUT2D eigenvalue weighted by molar-refractivity contribution is 0.612. The van der Waals surface area contributed by atoms with Gasteiger partial charge in [0.05, 0.1) is 10.7 Å². The molecule has 3 nitrogen and oxygen atoms in total. The summed E-state index contributed by atoms with van der Waals surface area (Å²) in [4.78, 5) is 4.38. The van der Waals surface area contributed by atoms with Crippen molar-refractivity contribution in [3.63, 3.8) is 0 Å². The lowest BCUT2D eigenvalue weighted by atomic mass is 10.2. The van der Waals surface area contributed by atoms with Gasteiger partial charge in [-0.15, -0.1) is 11.3 Å². The SMILES string of the molecule is CCCCCNCc1csc(C)n1.N.[HH]. The van der Waals surface area contributed by atoms with Crippen LogP contribution in [0.4, 0.5) is 0 Å². The molecule has 84 valence electrons. The Balaban J connectivity index is 0. The minimum absolute atomic E-state index is 0. The Morgan fingerprint density at radius 2 is 2.29 bits per heavy atom. The van der Waals surface area contributed by atoms with E-state index in [1.165, 1.54) is 25.0 Å². The van der Waals surface area contributed by atoms with Crippen LogP contribution >= 0.6 is 11.3 Å². The summed E-state index contributed by atoms with van der Waals surface area (Å²) in [6.45, 7) is 6.31. The fourth-order valence-corrected chi connectivity index (χ4v) is 1.82. The van der Waals surface area contributed by atoms with Gasteiger partial charge in [0.2, 0.25) is 0 Å². The van der Waals surface area contributed by atoms with Crippen molar-refractivity contribution in [2.24, 2.45) is 0 Å². The molecule has 4 heteroatoms. The van der Waals surface area contributed by atoms with Crippen LogP contribution in [0, 0.1) is 6.92 Å². The monoisotopic (exact) mass is 217 g/mol. The molecule has 0 saturated heterocycles. The van der Waals surface area contributed by atoms with Gasteiger partial charge in [-0.25, -0.2) is 4.98 Å². The zero-order valence-electron chi connectivity index (χ0n) is 9.18. The maximum absolute atomic E-state index is 4.38. The van der Waals surface area contributed by atoms with Crippen LogP contribution in [0.2, 0.25) is 0 Å². The molecule has 1 aromatic heterocycles. The zero-order valence-corrected chi connectivity index (χ0v) is 9.99. The van der Waals surface area contributed by atoms with Gasteiger partial charge in [-0.05, 0) is 19.9 Å². The second kappa shape index (κ2) is 7.91. The summed E-state index contributed by atoms with van der Waals surface area (Å²) in [5.74, 6) is 0. The van der Waals surface area contributed by atoms with Crippen LogP contribution in [0.3, 0.4) is 0 Å². The minimum Gasteiger partial charge on any atom is -0.344 e. The molecule has 0 aromatic carbocycles. The van der Waals surface area contributed by atoms with E-state index in [0.717, 1.165) is 18.1 Å². The van der Waals surface area contributed by atoms with Crippen molar-refractivity contribution in [3.8, 4) is 0 Å². The van der Waals surface area contributed by atoms with E-state index in [2.05, 4.69) is 22.6 Å². The number of thiazole rings is 1. The predicted octanol–water partition coefficient (Wildman–Crippen LogP) is 3.14. The maximum atomic E-state index is 4.38. The van der Waals surface area contributed by atoms with E-state index in [0.29, 0.717) is 0 Å². The second-order valence-corrected chi connectivity index (χ2v) is 4.30. The third-order valence-electron chi connectivity index (χ3n) is 1.93. The third-order valence-corrected chi connectivity index (χ3v) is 2.75. The van der Waals surface area contributed by atoms with E-state index in [1.807, 2.05) is 6.92 Å². The van der Waals surface area contributed by atoms with Crippen LogP contribution in [0.25, 0.3) is 0 Å². The van der Waals surface area contributed by atoms with Crippen LogP contribution in [-0.2, 0) is 6.54 Å². The molecule has 0 aliphatic rings. The van der Waals surface area contributed by atoms with Gasteiger partial charge in [0.1, 0.15) is 0 Å². The highest BCUT2D eigenvalue weighted by molar-refractivity contribution is 7.09. The van der Waals surface area contributed by atoms with Crippen LogP contribution in [0.15, 0.2) is 5.38 Å². The van der Waals surface area contributed by atoms with Crippen LogP contribution in [0.5, 0.6) is 0 Å². The second-order valence-electron chi connectivity index (χ2n) is 3.24. The van der Waals surface area contributed by atoms with E-state index >= 15 is 0 Å². The quantitative estimate of drug-likeness (QED) is 0.720. The number of aryl methyl sites for hydroxylation is 1. The van der Waals surface area contributed by atoms with Gasteiger partial charge >= 0.3 is 0 Å². The summed E-state index contributed by atoms with van der Waals surface area (Å²) in [6, 6.07) is 0. The summed E-state index contributed by atoms with van der Waals surface area (Å²) >= 11 is 1.72. The molecule has 0 atom stereocenters. The molecule has 1 aromatic rings. The molecule has 0 aliphatic carbocycles. The molecule has 4 N–H and O–H groups in total. The molecule has 1 rings (SSSR count). The van der Waals surface area contributed by atoms with Crippen molar-refractivity contribution in [2.75, 3.05) is 6.54 Å². The van der Waals surface area contributed by atoms with Gasteiger partial charge in [0, 0.05) is 13.4 Å². The number of hydrogen-bond donors (Lipinski definition) is 2. The number of nitrogens with one attached hydrogen (secondary N) is 1. The summed E-state index contributed by atoms with van der Waals surface area (Å²) in [5, 5.41) is 6.68. The van der Waals surface area contributed by atoms with Crippen molar-refractivity contribution >= 4 is 11.3 Å². The Morgan fingerprint density at radius 3 is 2.86 bits per heavy atom. The van der Waals surface area contributed by atoms with Gasteiger partial charge in [-0.2, -0.15) is 0 Å². The molecule has 0 fully saturated rings. The molecule has 0 saturated carbocycles. The Labute approximate surface area is 92.0 Å². The van der Waals surface area contributed by atoms with E-state index in [9.17, 15) is 0 Å². The summed E-state index contributed by atoms with van der Waals surface area (Å²) < 4.78 is 0. The lowest BCUT2D eigenvalue weighted by Gasteiger charge is -2.00. The van der Waals surface area contributed by atoms with Gasteiger partial charge in [0.15, 0.2) is 0 Å². The Morgan fingerprint density at radius 1 is 1.50 bits per heavy atom. The number of hydrogen-bond acceptors (Lipinski definition) is 4. The topological polar surface area (TPSA) is 59.9 Å². The number of rotatable bonds is 6. The van der Waals surface area contributed by atoms with Crippen molar-refractivity contribution in [3.05, 3.63) is 16.1 Å². The van der Waals surface area contributed by atoms with Gasteiger partial charge in [-0.3, -0.25) is 0 Å². The largest absolute Gasteiger partial charge is 0.344 e. The smallest absolute Gasteiger partial charge is 0.0897 e. The first-order chi connectivity index (χ1) is 6.33. The Hall–Kier alpha value is -0.450. The molecule has 0 amide bonds. The minimum atomic E-state index is 0. The van der Waals surface area contributed by atoms with E-state index in [4.69, 9.17) is 0 Å². The van der Waals surface area contributed by atoms with E-state index in [1.54, 1.807) is 11.3 Å². The van der Waals surface area contributed by atoms with Gasteiger partial charge in [-0.1, -0.05) is 19.8 Å². The van der Waals surface area contributed by atoms with Crippen LogP contribution in [0.1, 0.15) is 38.3 Å². The fourth-order valence-electron chi connectivity index (χ4n) is 1.21. The van der Waals surface area contributed by atoms with Crippen molar-refractivity contribution in [1.29, 1.82) is 0 Å². The molecule has 0 bridgehead atoms. The molecule has 0 unspecified atom stereocenters. The third kappa shape index (κ3) is 5.32. The molecule has 14 heavy (non-hydrogen) atoms. The van der Waals surface area contributed by atoms with E-state index < -0.39 is 0 Å². The average molecular weight is 217 g/mol. The highest BCUT2D eigenvalue weighted by Crippen LogP contribution is 2.07. The maximum Gasteiger partial charge on any atom is 0.0897 e. The molecule has 0 aliphatic heterocycles. The zero-order chi connectivity index (χ0) is 9.52. The number of unbranched alkanes of at least 4 members (excludes halogenated alkanes) is 2. The van der Waals surface area contributed by atoms with Gasteiger partial charge in [0.25, 0.3) is 0 Å². The Bertz CT molecular complexity index is 240. The lowest BCUT2D eigenvalue weighted by Crippen LogP contribution is -2.14. The van der Waals surface area contributed by atoms with Crippen molar-refractivity contribution in [2.45, 2.75) is 39.7 Å². The highest BCUT2D eigenvalue weighted by Gasteiger charge is 1.96. The molecule has 0 spiro atoms. The molecular formula is C10H23N3S. The first-order valence-corrected chi connectivity index (χ1v) is 5.82. The van der Waals surface area contributed by atoms with Crippen molar-refractivity contribution in [1.82, 2.24) is 16.5 Å². The summed E-state index contributed by atoms with van der Waals surface area (Å²) in [6.07, 6.45) is 3.89. The molecule has 0 radical (unpaired) electrons. The van der Waals surface area contributed by atoms with Gasteiger partial charge < -0.3 is 11.5 Å². The average Bonchev–Trinajstić information content (AvgIpc) is 2.51. The summed E-state index contributed by atoms with van der Waals surface area (Å²) in [5.41, 5.74) is 1.18. The number of aromatic nitrogens is 1. The predicted molar refractivity (Wildman–Crippen MR) is 65.2 cm³/mol. The Kier molecular flexibility index (Phi) is 7.65. The van der Waals surface area contributed by atoms with Crippen LogP contribution < -0.4 is 11.5 Å². The fraction of sp³-hybridized carbons (Fsp3) is 0.700. The first-order valence-electron chi connectivity index (χ1n) is 4.94. The summed E-state index contributed by atoms with van der Waals surface area (Å²) in [7, 11) is 0. The van der Waals surface area contributed by atoms with Crippen LogP contribution in [-0.4, -0.2) is 11.5 Å². The molecule has 1 heterocycles. The van der Waals surface area contributed by atoms with E-state index in [-0.39, 0.29) is 7.58 Å². The molecular weight excluding hydrogens is 194 g/mol.